The predicted octanol–water partition coefficient (Wildman–Crippen LogP) is 2.61. The third-order valence-corrected chi connectivity index (χ3v) is 2.93. The molecule has 19 heavy (non-hydrogen) atoms. The molecule has 1 aromatic carbocycles. The van der Waals surface area contributed by atoms with Gasteiger partial charge in [0, 0.05) is 12.1 Å². The molecule has 0 spiro atoms. The number of hydrogen-bond donors (Lipinski definition) is 1. The van der Waals surface area contributed by atoms with Gasteiger partial charge in [-0.05, 0) is 44.9 Å². The van der Waals surface area contributed by atoms with E-state index in [1.807, 2.05) is 0 Å². The van der Waals surface area contributed by atoms with Gasteiger partial charge in [-0.3, -0.25) is 4.90 Å². The highest BCUT2D eigenvalue weighted by molar-refractivity contribution is 5.69. The molecule has 104 valence electrons. The maximum absolute atomic E-state index is 13.1. The number of fused-ring (bicyclic) bond motifs is 1. The highest BCUT2D eigenvalue weighted by atomic mass is 19.1. The van der Waals surface area contributed by atoms with Crippen molar-refractivity contribution in [3.63, 3.8) is 0 Å². The van der Waals surface area contributed by atoms with Crippen molar-refractivity contribution < 1.29 is 19.0 Å². The first-order valence-electron chi connectivity index (χ1n) is 6.24. The maximum Gasteiger partial charge on any atom is 0.412 e. The summed E-state index contributed by atoms with van der Waals surface area (Å²) in [4.78, 5) is 13.2. The van der Waals surface area contributed by atoms with Crippen molar-refractivity contribution in [3.8, 4) is 0 Å². The van der Waals surface area contributed by atoms with E-state index in [-0.39, 0.29) is 5.82 Å². The standard InChI is InChI=1S/C14H18FNO3/c1-14(2,3)19-13(18)16-7-6-9-8-10(15)4-5-11(9)12(16)17/h4-5,8,12,17H,6-7H2,1-3H3. The Morgan fingerprint density at radius 1 is 1.47 bits per heavy atom. The monoisotopic (exact) mass is 267 g/mol. The van der Waals surface area contributed by atoms with E-state index < -0.39 is 17.9 Å². The first kappa shape index (κ1) is 13.8. The predicted molar refractivity (Wildman–Crippen MR) is 68.0 cm³/mol. The van der Waals surface area contributed by atoms with Crippen LogP contribution in [0.1, 0.15) is 38.1 Å². The molecule has 0 fully saturated rings. The van der Waals surface area contributed by atoms with Gasteiger partial charge < -0.3 is 9.84 Å². The Morgan fingerprint density at radius 2 is 2.16 bits per heavy atom. The molecule has 1 atom stereocenters. The summed E-state index contributed by atoms with van der Waals surface area (Å²) in [7, 11) is 0. The third-order valence-electron chi connectivity index (χ3n) is 2.93. The van der Waals surface area contributed by atoms with Crippen LogP contribution in [-0.4, -0.2) is 28.2 Å². The van der Waals surface area contributed by atoms with Crippen LogP contribution in [0.5, 0.6) is 0 Å². The minimum atomic E-state index is -1.08. The molecule has 0 saturated heterocycles. The van der Waals surface area contributed by atoms with Crippen molar-refractivity contribution in [2.75, 3.05) is 6.54 Å². The number of amides is 1. The Hall–Kier alpha value is -1.62. The summed E-state index contributed by atoms with van der Waals surface area (Å²) in [5.41, 5.74) is 0.672. The second kappa shape index (κ2) is 4.81. The van der Waals surface area contributed by atoms with E-state index in [1.165, 1.54) is 23.1 Å². The molecule has 0 bridgehead atoms. The van der Waals surface area contributed by atoms with Gasteiger partial charge in [0.25, 0.3) is 0 Å². The number of nitrogens with zero attached hydrogens (tertiary/aromatic N) is 1. The lowest BCUT2D eigenvalue weighted by Gasteiger charge is -2.35. The number of rotatable bonds is 0. The molecular weight excluding hydrogens is 249 g/mol. The average Bonchev–Trinajstić information content (AvgIpc) is 2.26. The molecule has 1 N–H and O–H groups in total. The maximum atomic E-state index is 13.1. The van der Waals surface area contributed by atoms with Gasteiger partial charge in [0.2, 0.25) is 0 Å². The largest absolute Gasteiger partial charge is 0.444 e. The summed E-state index contributed by atoms with van der Waals surface area (Å²) in [6, 6.07) is 4.18. The van der Waals surface area contributed by atoms with Gasteiger partial charge in [0.15, 0.2) is 6.23 Å². The SMILES string of the molecule is CC(C)(C)OC(=O)N1CCc2cc(F)ccc2C1O. The second-order valence-corrected chi connectivity index (χ2v) is 5.64. The lowest BCUT2D eigenvalue weighted by atomic mass is 9.98. The van der Waals surface area contributed by atoms with Crippen molar-refractivity contribution >= 4 is 6.09 Å². The van der Waals surface area contributed by atoms with E-state index in [4.69, 9.17) is 4.74 Å². The molecule has 1 amide bonds. The van der Waals surface area contributed by atoms with Crippen LogP contribution < -0.4 is 0 Å². The lowest BCUT2D eigenvalue weighted by molar-refractivity contribution is -0.0358. The van der Waals surface area contributed by atoms with Gasteiger partial charge in [0.1, 0.15) is 11.4 Å². The minimum Gasteiger partial charge on any atom is -0.444 e. The number of benzene rings is 1. The molecule has 0 radical (unpaired) electrons. The number of carbonyl (C=O) groups is 1. The summed E-state index contributed by atoms with van der Waals surface area (Å²) in [5.74, 6) is -0.336. The summed E-state index contributed by atoms with van der Waals surface area (Å²) in [6.07, 6.45) is -1.14. The first-order valence-corrected chi connectivity index (χ1v) is 6.24. The van der Waals surface area contributed by atoms with E-state index in [0.29, 0.717) is 18.5 Å². The average molecular weight is 267 g/mol. The molecular formula is C14H18FNO3. The van der Waals surface area contributed by atoms with Crippen molar-refractivity contribution in [2.24, 2.45) is 0 Å². The fraction of sp³-hybridized carbons (Fsp3) is 0.500. The zero-order valence-electron chi connectivity index (χ0n) is 11.3. The van der Waals surface area contributed by atoms with Crippen molar-refractivity contribution in [1.29, 1.82) is 0 Å². The number of aliphatic hydroxyl groups is 1. The Kier molecular flexibility index (Phi) is 3.49. The van der Waals surface area contributed by atoms with Crippen LogP contribution in [0, 0.1) is 5.82 Å². The highest BCUT2D eigenvalue weighted by Gasteiger charge is 2.32. The van der Waals surface area contributed by atoms with Gasteiger partial charge >= 0.3 is 6.09 Å². The molecule has 0 aromatic heterocycles. The van der Waals surface area contributed by atoms with Crippen molar-refractivity contribution in [1.82, 2.24) is 4.90 Å². The van der Waals surface area contributed by atoms with Crippen LogP contribution in [0.25, 0.3) is 0 Å². The van der Waals surface area contributed by atoms with Crippen molar-refractivity contribution in [3.05, 3.63) is 35.1 Å². The van der Waals surface area contributed by atoms with Crippen LogP contribution in [0.3, 0.4) is 0 Å². The Labute approximate surface area is 111 Å². The lowest BCUT2D eigenvalue weighted by Crippen LogP contribution is -2.43. The van der Waals surface area contributed by atoms with Crippen LogP contribution in [0.15, 0.2) is 18.2 Å². The summed E-state index contributed by atoms with van der Waals surface area (Å²) in [5, 5.41) is 10.2. The van der Waals surface area contributed by atoms with Crippen LogP contribution in [0.4, 0.5) is 9.18 Å². The van der Waals surface area contributed by atoms with E-state index in [0.717, 1.165) is 5.56 Å². The number of halogens is 1. The van der Waals surface area contributed by atoms with Gasteiger partial charge in [-0.2, -0.15) is 0 Å². The molecule has 1 aliphatic heterocycles. The van der Waals surface area contributed by atoms with Gasteiger partial charge in [-0.15, -0.1) is 0 Å². The Bertz CT molecular complexity index is 496. The Balaban J connectivity index is 2.19. The van der Waals surface area contributed by atoms with E-state index >= 15 is 0 Å². The number of hydrogen-bond acceptors (Lipinski definition) is 3. The van der Waals surface area contributed by atoms with E-state index in [9.17, 15) is 14.3 Å². The topological polar surface area (TPSA) is 49.8 Å². The molecule has 4 nitrogen and oxygen atoms in total. The normalized spacial score (nSPS) is 19.0. The molecule has 0 saturated carbocycles. The molecule has 1 unspecified atom stereocenters. The zero-order valence-corrected chi connectivity index (χ0v) is 11.3. The third kappa shape index (κ3) is 3.04. The summed E-state index contributed by atoms with van der Waals surface area (Å²) in [6.45, 7) is 5.62. The van der Waals surface area contributed by atoms with Crippen LogP contribution in [-0.2, 0) is 11.2 Å². The first-order chi connectivity index (χ1) is 8.78. The molecule has 2 rings (SSSR count). The zero-order chi connectivity index (χ0) is 14.2. The molecule has 1 aromatic rings. The van der Waals surface area contributed by atoms with Crippen LogP contribution >= 0.6 is 0 Å². The summed E-state index contributed by atoms with van der Waals surface area (Å²) >= 11 is 0. The van der Waals surface area contributed by atoms with Crippen LogP contribution in [0.2, 0.25) is 0 Å². The van der Waals surface area contributed by atoms with Gasteiger partial charge in [0.05, 0.1) is 0 Å². The number of carbonyl (C=O) groups excluding carboxylic acids is 1. The smallest absolute Gasteiger partial charge is 0.412 e. The van der Waals surface area contributed by atoms with E-state index in [1.54, 1.807) is 20.8 Å². The number of aliphatic hydroxyl groups excluding tert-OH is 1. The quantitative estimate of drug-likeness (QED) is 0.786. The van der Waals surface area contributed by atoms with Gasteiger partial charge in [-0.1, -0.05) is 6.07 Å². The van der Waals surface area contributed by atoms with Gasteiger partial charge in [-0.25, -0.2) is 9.18 Å². The molecule has 1 heterocycles. The molecule has 5 heteroatoms. The fourth-order valence-corrected chi connectivity index (χ4v) is 2.09. The number of ether oxygens (including phenoxy) is 1. The molecule has 1 aliphatic rings. The minimum absolute atomic E-state index is 0.312. The fourth-order valence-electron chi connectivity index (χ4n) is 2.09. The second-order valence-electron chi connectivity index (χ2n) is 5.64. The molecule has 0 aliphatic carbocycles. The van der Waals surface area contributed by atoms with E-state index in [2.05, 4.69) is 0 Å². The highest BCUT2D eigenvalue weighted by Crippen LogP contribution is 2.29. The Morgan fingerprint density at radius 3 is 2.79 bits per heavy atom. The summed E-state index contributed by atoms with van der Waals surface area (Å²) < 4.78 is 18.4. The van der Waals surface area contributed by atoms with Crippen molar-refractivity contribution in [2.45, 2.75) is 39.0 Å².